The van der Waals surface area contributed by atoms with Gasteiger partial charge in [-0.05, 0) is 42.6 Å². The van der Waals surface area contributed by atoms with E-state index in [1.165, 1.54) is 11.1 Å². The van der Waals surface area contributed by atoms with Crippen molar-refractivity contribution < 1.29 is 0 Å². The third-order valence-corrected chi connectivity index (χ3v) is 3.54. The van der Waals surface area contributed by atoms with Crippen LogP contribution in [0.1, 0.15) is 30.5 Å². The number of hydrogen-bond donors (Lipinski definition) is 1. The Morgan fingerprint density at radius 2 is 1.68 bits per heavy atom. The highest BCUT2D eigenvalue weighted by Gasteiger charge is 2.09. The summed E-state index contributed by atoms with van der Waals surface area (Å²) in [6, 6.07) is 19.2. The predicted octanol–water partition coefficient (Wildman–Crippen LogP) is 4.62. The van der Waals surface area contributed by atoms with Gasteiger partial charge in [0.15, 0.2) is 0 Å². The van der Waals surface area contributed by atoms with E-state index in [1.807, 2.05) is 12.1 Å². The lowest BCUT2D eigenvalue weighted by atomic mass is 9.99. The number of nitrogens with one attached hydrogen (secondary N) is 1. The minimum atomic E-state index is 0.418. The standard InChI is InChI=1S/C17H20ClN/c1-2-19-17(15-6-4-3-5-7-15)13-10-14-8-11-16(18)12-9-14/h3-9,11-12,17,19H,2,10,13H2,1H3. The van der Waals surface area contributed by atoms with Gasteiger partial charge < -0.3 is 5.32 Å². The summed E-state index contributed by atoms with van der Waals surface area (Å²) in [4.78, 5) is 0. The van der Waals surface area contributed by atoms with Gasteiger partial charge in [0.05, 0.1) is 0 Å². The van der Waals surface area contributed by atoms with Crippen LogP contribution in [0.2, 0.25) is 5.02 Å². The molecule has 1 unspecified atom stereocenters. The van der Waals surface area contributed by atoms with Crippen molar-refractivity contribution in [2.45, 2.75) is 25.8 Å². The summed E-state index contributed by atoms with van der Waals surface area (Å²) in [7, 11) is 0. The number of halogens is 1. The Bertz CT molecular complexity index is 478. The first kappa shape index (κ1) is 14.1. The van der Waals surface area contributed by atoms with Crippen molar-refractivity contribution in [3.8, 4) is 0 Å². The number of benzene rings is 2. The molecule has 0 bridgehead atoms. The Hall–Kier alpha value is -1.31. The largest absolute Gasteiger partial charge is 0.310 e. The van der Waals surface area contributed by atoms with Crippen LogP contribution in [0, 0.1) is 0 Å². The molecule has 0 radical (unpaired) electrons. The molecule has 0 aliphatic rings. The average Bonchev–Trinajstić information content (AvgIpc) is 2.46. The maximum absolute atomic E-state index is 5.91. The molecule has 1 nitrogen and oxygen atoms in total. The number of aryl methyl sites for hydroxylation is 1. The van der Waals surface area contributed by atoms with Crippen molar-refractivity contribution in [2.75, 3.05) is 6.54 Å². The van der Waals surface area contributed by atoms with E-state index in [2.05, 4.69) is 54.7 Å². The van der Waals surface area contributed by atoms with Crippen LogP contribution in [-0.2, 0) is 6.42 Å². The highest BCUT2D eigenvalue weighted by atomic mass is 35.5. The van der Waals surface area contributed by atoms with Gasteiger partial charge in [0.1, 0.15) is 0 Å². The Balaban J connectivity index is 1.99. The lowest BCUT2D eigenvalue weighted by molar-refractivity contribution is 0.515. The van der Waals surface area contributed by atoms with Crippen LogP contribution in [0.25, 0.3) is 0 Å². The van der Waals surface area contributed by atoms with E-state index in [9.17, 15) is 0 Å². The molecule has 0 spiro atoms. The van der Waals surface area contributed by atoms with Gasteiger partial charge in [-0.3, -0.25) is 0 Å². The highest BCUT2D eigenvalue weighted by Crippen LogP contribution is 2.19. The lowest BCUT2D eigenvalue weighted by Gasteiger charge is -2.18. The third-order valence-electron chi connectivity index (χ3n) is 3.29. The molecule has 2 rings (SSSR count). The summed E-state index contributed by atoms with van der Waals surface area (Å²) in [6.45, 7) is 3.14. The Morgan fingerprint density at radius 3 is 2.32 bits per heavy atom. The minimum absolute atomic E-state index is 0.418. The first-order valence-corrected chi connectivity index (χ1v) is 7.20. The Kier molecular flexibility index (Phi) is 5.44. The molecule has 19 heavy (non-hydrogen) atoms. The topological polar surface area (TPSA) is 12.0 Å². The molecule has 2 heteroatoms. The molecule has 0 aromatic heterocycles. The zero-order chi connectivity index (χ0) is 13.5. The van der Waals surface area contributed by atoms with Gasteiger partial charge in [-0.15, -0.1) is 0 Å². The van der Waals surface area contributed by atoms with Crippen LogP contribution in [0.4, 0.5) is 0 Å². The van der Waals surface area contributed by atoms with E-state index < -0.39 is 0 Å². The van der Waals surface area contributed by atoms with Crippen LogP contribution >= 0.6 is 11.6 Å². The van der Waals surface area contributed by atoms with E-state index in [-0.39, 0.29) is 0 Å². The fourth-order valence-corrected chi connectivity index (χ4v) is 2.41. The molecule has 2 aromatic rings. The maximum Gasteiger partial charge on any atom is 0.0406 e. The van der Waals surface area contributed by atoms with Gasteiger partial charge in [0.2, 0.25) is 0 Å². The molecule has 0 heterocycles. The fraction of sp³-hybridized carbons (Fsp3) is 0.294. The summed E-state index contributed by atoms with van der Waals surface area (Å²) >= 11 is 5.91. The van der Waals surface area contributed by atoms with E-state index in [1.54, 1.807) is 0 Å². The monoisotopic (exact) mass is 273 g/mol. The number of hydrogen-bond acceptors (Lipinski definition) is 1. The average molecular weight is 274 g/mol. The van der Waals surface area contributed by atoms with Gasteiger partial charge in [0, 0.05) is 11.1 Å². The minimum Gasteiger partial charge on any atom is -0.310 e. The van der Waals surface area contributed by atoms with Crippen molar-refractivity contribution in [1.82, 2.24) is 5.32 Å². The van der Waals surface area contributed by atoms with E-state index >= 15 is 0 Å². The predicted molar refractivity (Wildman–Crippen MR) is 82.6 cm³/mol. The summed E-state index contributed by atoms with van der Waals surface area (Å²) in [5.74, 6) is 0. The quantitative estimate of drug-likeness (QED) is 0.810. The maximum atomic E-state index is 5.91. The van der Waals surface area contributed by atoms with Crippen LogP contribution < -0.4 is 5.32 Å². The molecule has 0 amide bonds. The van der Waals surface area contributed by atoms with Crippen LogP contribution in [-0.4, -0.2) is 6.54 Å². The van der Waals surface area contributed by atoms with Crippen molar-refractivity contribution in [3.63, 3.8) is 0 Å². The van der Waals surface area contributed by atoms with Gasteiger partial charge in [0.25, 0.3) is 0 Å². The summed E-state index contributed by atoms with van der Waals surface area (Å²) in [6.07, 6.45) is 2.16. The normalized spacial score (nSPS) is 12.3. The van der Waals surface area contributed by atoms with Crippen LogP contribution in [0.15, 0.2) is 54.6 Å². The second-order valence-electron chi connectivity index (χ2n) is 4.69. The van der Waals surface area contributed by atoms with Crippen molar-refractivity contribution in [3.05, 3.63) is 70.7 Å². The zero-order valence-electron chi connectivity index (χ0n) is 11.3. The smallest absolute Gasteiger partial charge is 0.0406 e. The number of rotatable bonds is 6. The second kappa shape index (κ2) is 7.32. The van der Waals surface area contributed by atoms with Crippen molar-refractivity contribution in [1.29, 1.82) is 0 Å². The van der Waals surface area contributed by atoms with Crippen LogP contribution in [0.5, 0.6) is 0 Å². The lowest BCUT2D eigenvalue weighted by Crippen LogP contribution is -2.21. The fourth-order valence-electron chi connectivity index (χ4n) is 2.28. The van der Waals surface area contributed by atoms with Gasteiger partial charge >= 0.3 is 0 Å². The SMILES string of the molecule is CCNC(CCc1ccc(Cl)cc1)c1ccccc1. The molecule has 2 aromatic carbocycles. The molecule has 1 N–H and O–H groups in total. The van der Waals surface area contributed by atoms with E-state index in [0.29, 0.717) is 6.04 Å². The second-order valence-corrected chi connectivity index (χ2v) is 5.12. The van der Waals surface area contributed by atoms with Gasteiger partial charge in [-0.1, -0.05) is 61.0 Å². The molecule has 0 fully saturated rings. The molecule has 1 atom stereocenters. The molecule has 0 aliphatic heterocycles. The highest BCUT2D eigenvalue weighted by molar-refractivity contribution is 6.30. The molecule has 0 aliphatic carbocycles. The first-order valence-electron chi connectivity index (χ1n) is 6.82. The Morgan fingerprint density at radius 1 is 1.00 bits per heavy atom. The van der Waals surface area contributed by atoms with Crippen LogP contribution in [0.3, 0.4) is 0 Å². The molecular formula is C17H20ClN. The first-order chi connectivity index (χ1) is 9.29. The van der Waals surface area contributed by atoms with Crippen molar-refractivity contribution >= 4 is 11.6 Å². The van der Waals surface area contributed by atoms with Crippen molar-refractivity contribution in [2.24, 2.45) is 0 Å². The van der Waals surface area contributed by atoms with E-state index in [0.717, 1.165) is 24.4 Å². The summed E-state index contributed by atoms with van der Waals surface area (Å²) in [5, 5.41) is 4.36. The Labute approximate surface area is 120 Å². The third kappa shape index (κ3) is 4.38. The zero-order valence-corrected chi connectivity index (χ0v) is 12.0. The molecule has 0 saturated heterocycles. The molecule has 0 saturated carbocycles. The van der Waals surface area contributed by atoms with E-state index in [4.69, 9.17) is 11.6 Å². The summed E-state index contributed by atoms with van der Waals surface area (Å²) < 4.78 is 0. The molecular weight excluding hydrogens is 254 g/mol. The molecule has 100 valence electrons. The van der Waals surface area contributed by atoms with Gasteiger partial charge in [-0.2, -0.15) is 0 Å². The van der Waals surface area contributed by atoms with Gasteiger partial charge in [-0.25, -0.2) is 0 Å². The summed E-state index contributed by atoms with van der Waals surface area (Å²) in [5.41, 5.74) is 2.70.